The van der Waals surface area contributed by atoms with Gasteiger partial charge in [-0.25, -0.2) is 0 Å². The first-order chi connectivity index (χ1) is 4.31. The van der Waals surface area contributed by atoms with Gasteiger partial charge in [0.25, 0.3) is 0 Å². The summed E-state index contributed by atoms with van der Waals surface area (Å²) < 4.78 is 0. The topological polar surface area (TPSA) is 29.1 Å². The van der Waals surface area contributed by atoms with Crippen LogP contribution in [-0.4, -0.2) is 11.4 Å². The van der Waals surface area contributed by atoms with Crippen molar-refractivity contribution in [1.29, 1.82) is 0 Å². The van der Waals surface area contributed by atoms with E-state index in [4.69, 9.17) is 0 Å². The molecule has 0 atom stereocenters. The van der Waals surface area contributed by atoms with Crippen LogP contribution in [0.4, 0.5) is 0 Å². The summed E-state index contributed by atoms with van der Waals surface area (Å²) in [7, 11) is 0. The SMILES string of the molecule is O=C1CCC2(CCC2)N1. The highest BCUT2D eigenvalue weighted by Gasteiger charge is 2.42. The molecule has 1 amide bonds. The van der Waals surface area contributed by atoms with E-state index in [9.17, 15) is 4.79 Å². The van der Waals surface area contributed by atoms with Gasteiger partial charge in [0.1, 0.15) is 0 Å². The van der Waals surface area contributed by atoms with Crippen molar-refractivity contribution in [2.75, 3.05) is 0 Å². The Kier molecular flexibility index (Phi) is 0.875. The third-order valence-electron chi connectivity index (χ3n) is 2.55. The highest BCUT2D eigenvalue weighted by atomic mass is 16.2. The minimum atomic E-state index is 0.259. The third-order valence-corrected chi connectivity index (χ3v) is 2.55. The van der Waals surface area contributed by atoms with Crippen LogP contribution in [0.2, 0.25) is 0 Å². The van der Waals surface area contributed by atoms with Gasteiger partial charge in [0.2, 0.25) is 5.91 Å². The van der Waals surface area contributed by atoms with Crippen LogP contribution in [-0.2, 0) is 4.79 Å². The Morgan fingerprint density at radius 3 is 2.33 bits per heavy atom. The summed E-state index contributed by atoms with van der Waals surface area (Å²) in [6, 6.07) is 0. The average molecular weight is 125 g/mol. The molecule has 1 spiro atoms. The molecular formula is C7H11NO. The molecule has 2 heteroatoms. The van der Waals surface area contributed by atoms with E-state index in [0.29, 0.717) is 0 Å². The summed E-state index contributed by atoms with van der Waals surface area (Å²) in [6.07, 6.45) is 5.60. The summed E-state index contributed by atoms with van der Waals surface area (Å²) in [5.41, 5.74) is 0.289. The van der Waals surface area contributed by atoms with Crippen LogP contribution in [0, 0.1) is 0 Å². The second-order valence-electron chi connectivity index (χ2n) is 3.18. The number of rotatable bonds is 0. The maximum absolute atomic E-state index is 10.7. The summed E-state index contributed by atoms with van der Waals surface area (Å²) in [5.74, 6) is 0.259. The van der Waals surface area contributed by atoms with Crippen LogP contribution in [0.15, 0.2) is 0 Å². The van der Waals surface area contributed by atoms with Gasteiger partial charge in [0, 0.05) is 12.0 Å². The molecule has 9 heavy (non-hydrogen) atoms. The highest BCUT2D eigenvalue weighted by molar-refractivity contribution is 5.79. The Hall–Kier alpha value is -0.530. The van der Waals surface area contributed by atoms with Crippen LogP contribution in [0.3, 0.4) is 0 Å². The molecule has 0 bridgehead atoms. The fraction of sp³-hybridized carbons (Fsp3) is 0.857. The van der Waals surface area contributed by atoms with E-state index in [1.165, 1.54) is 19.3 Å². The molecule has 0 aromatic carbocycles. The lowest BCUT2D eigenvalue weighted by Gasteiger charge is -2.37. The van der Waals surface area contributed by atoms with Crippen LogP contribution in [0.25, 0.3) is 0 Å². The number of nitrogens with one attached hydrogen (secondary N) is 1. The molecule has 0 unspecified atom stereocenters. The molecule has 2 fully saturated rings. The fourth-order valence-electron chi connectivity index (χ4n) is 1.75. The van der Waals surface area contributed by atoms with Gasteiger partial charge >= 0.3 is 0 Å². The van der Waals surface area contributed by atoms with Crippen LogP contribution < -0.4 is 5.32 Å². The molecule has 0 radical (unpaired) electrons. The van der Waals surface area contributed by atoms with Crippen LogP contribution in [0.1, 0.15) is 32.1 Å². The molecule has 1 saturated carbocycles. The van der Waals surface area contributed by atoms with Gasteiger partial charge in [-0.3, -0.25) is 4.79 Å². The first kappa shape index (κ1) is 5.27. The third kappa shape index (κ3) is 0.655. The van der Waals surface area contributed by atoms with E-state index in [0.717, 1.165) is 12.8 Å². The van der Waals surface area contributed by atoms with Crippen molar-refractivity contribution < 1.29 is 4.79 Å². The van der Waals surface area contributed by atoms with E-state index in [1.54, 1.807) is 0 Å². The number of hydrogen-bond donors (Lipinski definition) is 1. The van der Waals surface area contributed by atoms with Crippen molar-refractivity contribution >= 4 is 5.91 Å². The first-order valence-corrected chi connectivity index (χ1v) is 3.62. The molecule has 0 aromatic rings. The van der Waals surface area contributed by atoms with Gasteiger partial charge in [-0.2, -0.15) is 0 Å². The Morgan fingerprint density at radius 2 is 2.11 bits per heavy atom. The van der Waals surface area contributed by atoms with Gasteiger partial charge in [-0.1, -0.05) is 0 Å². The Bertz CT molecular complexity index is 149. The largest absolute Gasteiger partial charge is 0.351 e. The first-order valence-electron chi connectivity index (χ1n) is 3.62. The Balaban J connectivity index is 2.07. The number of carbonyl (C=O) groups is 1. The standard InChI is InChI=1S/C7H11NO/c9-6-2-5-7(8-6)3-1-4-7/h1-5H2,(H,8,9). The summed E-state index contributed by atoms with van der Waals surface area (Å²) in [6.45, 7) is 0. The van der Waals surface area contributed by atoms with Crippen LogP contribution >= 0.6 is 0 Å². The molecule has 2 aliphatic rings. The smallest absolute Gasteiger partial charge is 0.220 e. The van der Waals surface area contributed by atoms with Gasteiger partial charge in [-0.05, 0) is 25.7 Å². The van der Waals surface area contributed by atoms with E-state index in [1.807, 2.05) is 0 Å². The van der Waals surface area contributed by atoms with Gasteiger partial charge in [-0.15, -0.1) is 0 Å². The molecule has 2 nitrogen and oxygen atoms in total. The maximum atomic E-state index is 10.7. The summed E-state index contributed by atoms with van der Waals surface area (Å²) in [4.78, 5) is 10.7. The lowest BCUT2D eigenvalue weighted by Crippen LogP contribution is -2.47. The highest BCUT2D eigenvalue weighted by Crippen LogP contribution is 2.38. The zero-order chi connectivity index (χ0) is 6.32. The molecule has 2 rings (SSSR count). The zero-order valence-corrected chi connectivity index (χ0v) is 5.44. The fourth-order valence-corrected chi connectivity index (χ4v) is 1.75. The molecule has 0 aromatic heterocycles. The van der Waals surface area contributed by atoms with Gasteiger partial charge in [0.05, 0.1) is 0 Å². The number of carbonyl (C=O) groups excluding carboxylic acids is 1. The molecule has 50 valence electrons. The normalized spacial score (nSPS) is 30.0. The van der Waals surface area contributed by atoms with Crippen LogP contribution in [0.5, 0.6) is 0 Å². The van der Waals surface area contributed by atoms with Crippen molar-refractivity contribution in [3.05, 3.63) is 0 Å². The van der Waals surface area contributed by atoms with Crippen molar-refractivity contribution in [2.45, 2.75) is 37.6 Å². The number of amides is 1. The second kappa shape index (κ2) is 1.49. The lowest BCUT2D eigenvalue weighted by molar-refractivity contribution is -0.120. The molecule has 1 N–H and O–H groups in total. The minimum Gasteiger partial charge on any atom is -0.351 e. The molecule has 1 aliphatic heterocycles. The van der Waals surface area contributed by atoms with E-state index in [-0.39, 0.29) is 11.4 Å². The summed E-state index contributed by atoms with van der Waals surface area (Å²) in [5, 5.41) is 3.03. The predicted molar refractivity (Wildman–Crippen MR) is 34.0 cm³/mol. The predicted octanol–water partition coefficient (Wildman–Crippen LogP) is 0.819. The lowest BCUT2D eigenvalue weighted by atomic mass is 9.76. The number of hydrogen-bond acceptors (Lipinski definition) is 1. The van der Waals surface area contributed by atoms with Crippen molar-refractivity contribution in [3.63, 3.8) is 0 Å². The quantitative estimate of drug-likeness (QED) is 0.510. The minimum absolute atomic E-state index is 0.259. The zero-order valence-electron chi connectivity index (χ0n) is 5.44. The van der Waals surface area contributed by atoms with E-state index >= 15 is 0 Å². The maximum Gasteiger partial charge on any atom is 0.220 e. The molecule has 1 aliphatic carbocycles. The summed E-state index contributed by atoms with van der Waals surface area (Å²) >= 11 is 0. The Morgan fingerprint density at radius 1 is 1.33 bits per heavy atom. The van der Waals surface area contributed by atoms with Crippen molar-refractivity contribution in [2.24, 2.45) is 0 Å². The van der Waals surface area contributed by atoms with Gasteiger partial charge in [0.15, 0.2) is 0 Å². The Labute approximate surface area is 54.6 Å². The molecular weight excluding hydrogens is 114 g/mol. The average Bonchev–Trinajstić information content (AvgIpc) is 2.09. The molecule has 1 heterocycles. The molecule has 1 saturated heterocycles. The monoisotopic (exact) mass is 125 g/mol. The van der Waals surface area contributed by atoms with Gasteiger partial charge < -0.3 is 5.32 Å². The second-order valence-corrected chi connectivity index (χ2v) is 3.18. The van der Waals surface area contributed by atoms with Crippen molar-refractivity contribution in [3.8, 4) is 0 Å². The van der Waals surface area contributed by atoms with Crippen molar-refractivity contribution in [1.82, 2.24) is 5.32 Å². The van der Waals surface area contributed by atoms with E-state index in [2.05, 4.69) is 5.32 Å². The van der Waals surface area contributed by atoms with E-state index < -0.39 is 0 Å².